The van der Waals surface area contributed by atoms with Crippen LogP contribution in [0.25, 0.3) is 10.8 Å². The van der Waals surface area contributed by atoms with Gasteiger partial charge in [-0.15, -0.1) is 0 Å². The first kappa shape index (κ1) is 25.6. The predicted molar refractivity (Wildman–Crippen MR) is 127 cm³/mol. The number of carbonyl (C=O) groups excluding carboxylic acids is 3. The third-order valence-corrected chi connectivity index (χ3v) is 7.31. The van der Waals surface area contributed by atoms with Crippen LogP contribution in [-0.4, -0.2) is 75.8 Å². The summed E-state index contributed by atoms with van der Waals surface area (Å²) in [5.41, 5.74) is 0. The summed E-state index contributed by atoms with van der Waals surface area (Å²) >= 11 is 0. The smallest absolute Gasteiger partial charge is 0.310 e. The molecule has 1 N–H and O–H groups in total. The van der Waals surface area contributed by atoms with Crippen molar-refractivity contribution in [1.29, 1.82) is 0 Å². The molecule has 0 aliphatic carbocycles. The van der Waals surface area contributed by atoms with Crippen molar-refractivity contribution in [3.05, 3.63) is 42.5 Å². The van der Waals surface area contributed by atoms with Crippen LogP contribution in [0.3, 0.4) is 0 Å². The molecular weight excluding hydrogens is 458 g/mol. The fraction of sp³-hybridized carbons (Fsp3) is 0.458. The molecule has 0 bridgehead atoms. The fourth-order valence-electron chi connectivity index (χ4n) is 3.95. The van der Waals surface area contributed by atoms with E-state index in [2.05, 4.69) is 4.72 Å². The number of ether oxygens (including phenoxy) is 1. The Balaban J connectivity index is 1.48. The number of nitrogens with one attached hydrogen (secondary N) is 1. The molecule has 184 valence electrons. The van der Waals surface area contributed by atoms with Gasteiger partial charge in [0.2, 0.25) is 21.8 Å². The van der Waals surface area contributed by atoms with Crippen LogP contribution in [0, 0.1) is 5.92 Å². The Morgan fingerprint density at radius 1 is 1.15 bits per heavy atom. The molecule has 2 aromatic carbocycles. The molecule has 1 heterocycles. The number of likely N-dealkylation sites (N-methyl/N-ethyl adjacent to an activating group) is 1. The van der Waals surface area contributed by atoms with Gasteiger partial charge in [0.25, 0.3) is 0 Å². The molecule has 0 saturated carbocycles. The molecule has 2 amide bonds. The zero-order chi connectivity index (χ0) is 24.7. The molecule has 1 aliphatic heterocycles. The minimum Gasteiger partial charge on any atom is -0.466 e. The first-order chi connectivity index (χ1) is 16.2. The molecule has 3 rings (SSSR count). The normalized spacial score (nSPS) is 16.3. The van der Waals surface area contributed by atoms with Gasteiger partial charge in [0, 0.05) is 33.1 Å². The molecule has 9 nitrogen and oxygen atoms in total. The van der Waals surface area contributed by atoms with Crippen molar-refractivity contribution in [2.24, 2.45) is 5.92 Å². The highest BCUT2D eigenvalue weighted by molar-refractivity contribution is 7.89. The summed E-state index contributed by atoms with van der Waals surface area (Å²) in [7, 11) is -2.27. The number of benzene rings is 2. The van der Waals surface area contributed by atoms with Crippen LogP contribution in [-0.2, 0) is 29.1 Å². The van der Waals surface area contributed by atoms with Gasteiger partial charge in [0.05, 0.1) is 24.0 Å². The number of hydrogen-bond donors (Lipinski definition) is 1. The number of fused-ring (bicyclic) bond motifs is 1. The molecule has 10 heteroatoms. The molecule has 1 saturated heterocycles. The monoisotopic (exact) mass is 489 g/mol. The second kappa shape index (κ2) is 11.4. The van der Waals surface area contributed by atoms with Gasteiger partial charge in [0.15, 0.2) is 0 Å². The van der Waals surface area contributed by atoms with E-state index in [4.69, 9.17) is 4.74 Å². The van der Waals surface area contributed by atoms with E-state index in [1.807, 2.05) is 24.3 Å². The Morgan fingerprint density at radius 2 is 1.88 bits per heavy atom. The largest absolute Gasteiger partial charge is 0.466 e. The number of likely N-dealkylation sites (tertiary alicyclic amines) is 1. The number of esters is 1. The summed E-state index contributed by atoms with van der Waals surface area (Å²) in [5, 5.41) is 1.74. The average molecular weight is 490 g/mol. The molecule has 1 aliphatic rings. The van der Waals surface area contributed by atoms with Gasteiger partial charge < -0.3 is 14.5 Å². The SMILES string of the molecule is CCOC(=O)C1CCCN(C(=O)CN(C)C(=O)CCNS(=O)(=O)c2ccc3ccccc3c2)C1. The first-order valence-corrected chi connectivity index (χ1v) is 12.9. The number of nitrogens with zero attached hydrogens (tertiary/aromatic N) is 2. The molecule has 1 atom stereocenters. The molecule has 34 heavy (non-hydrogen) atoms. The number of hydrogen-bond acceptors (Lipinski definition) is 6. The Kier molecular flexibility index (Phi) is 8.62. The van der Waals surface area contributed by atoms with E-state index < -0.39 is 10.0 Å². The lowest BCUT2D eigenvalue weighted by atomic mass is 9.98. The Bertz CT molecular complexity index is 1150. The summed E-state index contributed by atoms with van der Waals surface area (Å²) in [6.45, 7) is 2.64. The first-order valence-electron chi connectivity index (χ1n) is 11.4. The van der Waals surface area contributed by atoms with Crippen LogP contribution in [0.1, 0.15) is 26.2 Å². The van der Waals surface area contributed by atoms with Gasteiger partial charge in [-0.05, 0) is 42.7 Å². The van der Waals surface area contributed by atoms with Crippen LogP contribution < -0.4 is 4.72 Å². The van der Waals surface area contributed by atoms with E-state index in [0.29, 0.717) is 26.0 Å². The maximum atomic E-state index is 12.6. The van der Waals surface area contributed by atoms with Gasteiger partial charge in [-0.25, -0.2) is 13.1 Å². The number of piperidine rings is 1. The second-order valence-corrected chi connectivity index (χ2v) is 10.1. The summed E-state index contributed by atoms with van der Waals surface area (Å²) in [6, 6.07) is 12.3. The quantitative estimate of drug-likeness (QED) is 0.537. The van der Waals surface area contributed by atoms with Crippen molar-refractivity contribution in [3.63, 3.8) is 0 Å². The Hall–Kier alpha value is -2.98. The van der Waals surface area contributed by atoms with E-state index >= 15 is 0 Å². The van der Waals surface area contributed by atoms with Crippen LogP contribution in [0.4, 0.5) is 0 Å². The molecule has 0 radical (unpaired) electrons. The van der Waals surface area contributed by atoms with Crippen molar-refractivity contribution < 1.29 is 27.5 Å². The third kappa shape index (κ3) is 6.54. The van der Waals surface area contributed by atoms with Gasteiger partial charge in [0.1, 0.15) is 0 Å². The summed E-state index contributed by atoms with van der Waals surface area (Å²) in [6.07, 6.45) is 1.29. The highest BCUT2D eigenvalue weighted by atomic mass is 32.2. The zero-order valence-corrected chi connectivity index (χ0v) is 20.3. The van der Waals surface area contributed by atoms with Crippen LogP contribution >= 0.6 is 0 Å². The number of carbonyl (C=O) groups is 3. The molecule has 0 aromatic heterocycles. The predicted octanol–water partition coefficient (Wildman–Crippen LogP) is 1.77. The van der Waals surface area contributed by atoms with Crippen molar-refractivity contribution in [2.75, 3.05) is 39.8 Å². The van der Waals surface area contributed by atoms with E-state index in [-0.39, 0.29) is 54.7 Å². The summed E-state index contributed by atoms with van der Waals surface area (Å²) in [4.78, 5) is 40.1. The zero-order valence-electron chi connectivity index (χ0n) is 19.5. The summed E-state index contributed by atoms with van der Waals surface area (Å²) in [5.74, 6) is -1.25. The van der Waals surface area contributed by atoms with Crippen LogP contribution in [0.15, 0.2) is 47.4 Å². The van der Waals surface area contributed by atoms with E-state index in [0.717, 1.165) is 10.8 Å². The van der Waals surface area contributed by atoms with Crippen LogP contribution in [0.5, 0.6) is 0 Å². The maximum absolute atomic E-state index is 12.6. The number of rotatable bonds is 9. The van der Waals surface area contributed by atoms with Gasteiger partial charge >= 0.3 is 5.97 Å². The summed E-state index contributed by atoms with van der Waals surface area (Å²) < 4.78 is 32.7. The van der Waals surface area contributed by atoms with E-state index in [9.17, 15) is 22.8 Å². The highest BCUT2D eigenvalue weighted by Gasteiger charge is 2.30. The van der Waals surface area contributed by atoms with Gasteiger partial charge in [-0.2, -0.15) is 0 Å². The Labute approximate surface area is 200 Å². The third-order valence-electron chi connectivity index (χ3n) is 5.85. The number of sulfonamides is 1. The molecule has 1 fully saturated rings. The Morgan fingerprint density at radius 3 is 2.62 bits per heavy atom. The standard InChI is InChI=1S/C24H31N3O6S/c1-3-33-24(30)20-9-6-14-27(16-20)23(29)17-26(2)22(28)12-13-25-34(31,32)21-11-10-18-7-4-5-8-19(18)15-21/h4-5,7-8,10-11,15,20,25H,3,6,9,12-14,16-17H2,1-2H3. The minimum absolute atomic E-state index is 0.0813. The maximum Gasteiger partial charge on any atom is 0.310 e. The van der Waals surface area contributed by atoms with Crippen molar-refractivity contribution in [3.8, 4) is 0 Å². The van der Waals surface area contributed by atoms with Crippen molar-refractivity contribution >= 4 is 38.6 Å². The van der Waals surface area contributed by atoms with E-state index in [1.54, 1.807) is 24.0 Å². The average Bonchev–Trinajstić information content (AvgIpc) is 2.83. The lowest BCUT2D eigenvalue weighted by Gasteiger charge is -2.32. The minimum atomic E-state index is -3.77. The molecular formula is C24H31N3O6S. The molecule has 2 aromatic rings. The molecule has 1 unspecified atom stereocenters. The fourth-order valence-corrected chi connectivity index (χ4v) is 5.02. The van der Waals surface area contributed by atoms with Gasteiger partial charge in [-0.1, -0.05) is 30.3 Å². The lowest BCUT2D eigenvalue weighted by molar-refractivity contribution is -0.152. The lowest BCUT2D eigenvalue weighted by Crippen LogP contribution is -2.47. The van der Waals surface area contributed by atoms with Crippen molar-refractivity contribution in [1.82, 2.24) is 14.5 Å². The number of amides is 2. The molecule has 0 spiro atoms. The van der Waals surface area contributed by atoms with Crippen LogP contribution in [0.2, 0.25) is 0 Å². The topological polar surface area (TPSA) is 113 Å². The highest BCUT2D eigenvalue weighted by Crippen LogP contribution is 2.19. The van der Waals surface area contributed by atoms with E-state index in [1.165, 1.54) is 18.0 Å². The second-order valence-electron chi connectivity index (χ2n) is 8.34. The van der Waals surface area contributed by atoms with Gasteiger partial charge in [-0.3, -0.25) is 14.4 Å². The van der Waals surface area contributed by atoms with Crippen molar-refractivity contribution in [2.45, 2.75) is 31.1 Å².